The summed E-state index contributed by atoms with van der Waals surface area (Å²) in [5, 5.41) is 10.6. The lowest BCUT2D eigenvalue weighted by Crippen LogP contribution is -2.13. The molecular formula is C12H7F2NO5S. The second-order valence-electron chi connectivity index (χ2n) is 3.84. The highest BCUT2D eigenvalue weighted by Gasteiger charge is 2.26. The molecule has 0 saturated heterocycles. The van der Waals surface area contributed by atoms with E-state index in [9.17, 15) is 27.3 Å². The van der Waals surface area contributed by atoms with E-state index in [1.807, 2.05) is 0 Å². The summed E-state index contributed by atoms with van der Waals surface area (Å²) in [6.45, 7) is 0. The number of non-ortho nitro benzene ring substituents is 1. The van der Waals surface area contributed by atoms with Crippen LogP contribution in [0.15, 0.2) is 47.4 Å². The minimum Gasteiger partial charge on any atom is -0.379 e. The normalized spacial score (nSPS) is 11.1. The van der Waals surface area contributed by atoms with Crippen molar-refractivity contribution in [2.24, 2.45) is 0 Å². The molecule has 0 fully saturated rings. The van der Waals surface area contributed by atoms with Crippen molar-refractivity contribution < 1.29 is 26.3 Å². The van der Waals surface area contributed by atoms with Crippen LogP contribution in [0.25, 0.3) is 0 Å². The molecular weight excluding hydrogens is 308 g/mol. The standard InChI is InChI=1S/C12H7F2NO5S/c13-10-5-2-6-11(14)12(10)21(18,19)20-9-4-1-3-8(7-9)15(16)17/h1-7H. The van der Waals surface area contributed by atoms with Gasteiger partial charge >= 0.3 is 10.1 Å². The Bertz CT molecular complexity index is 787. The number of halogens is 2. The van der Waals surface area contributed by atoms with Crippen LogP contribution in [0.1, 0.15) is 0 Å². The van der Waals surface area contributed by atoms with Gasteiger partial charge in [-0.15, -0.1) is 0 Å². The zero-order valence-corrected chi connectivity index (χ0v) is 11.0. The summed E-state index contributed by atoms with van der Waals surface area (Å²) in [5.74, 6) is -3.06. The molecule has 2 rings (SSSR count). The first-order chi connectivity index (χ1) is 9.81. The molecule has 110 valence electrons. The number of rotatable bonds is 4. The van der Waals surface area contributed by atoms with Crippen molar-refractivity contribution in [3.63, 3.8) is 0 Å². The van der Waals surface area contributed by atoms with Crippen LogP contribution in [0.5, 0.6) is 5.75 Å². The summed E-state index contributed by atoms with van der Waals surface area (Å²) in [7, 11) is -4.79. The van der Waals surface area contributed by atoms with Crippen molar-refractivity contribution in [2.45, 2.75) is 4.90 Å². The number of nitro groups is 1. The Morgan fingerprint density at radius 3 is 2.19 bits per heavy atom. The molecule has 0 amide bonds. The molecule has 9 heteroatoms. The van der Waals surface area contributed by atoms with Crippen molar-refractivity contribution in [1.82, 2.24) is 0 Å². The van der Waals surface area contributed by atoms with Gasteiger partial charge < -0.3 is 4.18 Å². The fraction of sp³-hybridized carbons (Fsp3) is 0. The Labute approximate surface area is 117 Å². The van der Waals surface area contributed by atoms with Gasteiger partial charge in [0.05, 0.1) is 11.0 Å². The zero-order chi connectivity index (χ0) is 15.6. The summed E-state index contributed by atoms with van der Waals surface area (Å²) in [4.78, 5) is 8.56. The summed E-state index contributed by atoms with van der Waals surface area (Å²) in [6.07, 6.45) is 0. The van der Waals surface area contributed by atoms with E-state index in [4.69, 9.17) is 0 Å². The molecule has 0 aliphatic rings. The van der Waals surface area contributed by atoms with E-state index in [1.54, 1.807) is 0 Å². The minimum absolute atomic E-state index is 0.420. The number of nitro benzene ring substituents is 1. The average Bonchev–Trinajstić information content (AvgIpc) is 2.37. The minimum atomic E-state index is -4.79. The molecule has 0 saturated carbocycles. The highest BCUT2D eigenvalue weighted by Crippen LogP contribution is 2.25. The molecule has 2 aromatic rings. The van der Waals surface area contributed by atoms with Gasteiger partial charge in [-0.2, -0.15) is 8.42 Å². The highest BCUT2D eigenvalue weighted by atomic mass is 32.2. The van der Waals surface area contributed by atoms with Crippen molar-refractivity contribution in [1.29, 1.82) is 0 Å². The topological polar surface area (TPSA) is 86.5 Å². The quantitative estimate of drug-likeness (QED) is 0.492. The maximum atomic E-state index is 13.4. The number of hydrogen-bond donors (Lipinski definition) is 0. The van der Waals surface area contributed by atoms with Crippen LogP contribution in [0, 0.1) is 21.7 Å². The van der Waals surface area contributed by atoms with Crippen molar-refractivity contribution in [2.75, 3.05) is 0 Å². The van der Waals surface area contributed by atoms with E-state index >= 15 is 0 Å². The first-order valence-electron chi connectivity index (χ1n) is 5.44. The van der Waals surface area contributed by atoms with Crippen molar-refractivity contribution in [3.8, 4) is 5.75 Å². The zero-order valence-electron chi connectivity index (χ0n) is 10.2. The van der Waals surface area contributed by atoms with Crippen LogP contribution in [0.2, 0.25) is 0 Å². The van der Waals surface area contributed by atoms with Crippen LogP contribution in [0.3, 0.4) is 0 Å². The monoisotopic (exact) mass is 315 g/mol. The number of hydrogen-bond acceptors (Lipinski definition) is 5. The molecule has 0 aliphatic heterocycles. The van der Waals surface area contributed by atoms with Crippen molar-refractivity contribution >= 4 is 15.8 Å². The van der Waals surface area contributed by atoms with Gasteiger partial charge in [-0.3, -0.25) is 10.1 Å². The fourth-order valence-corrected chi connectivity index (χ4v) is 2.59. The summed E-state index contributed by atoms with van der Waals surface area (Å²) in [6, 6.07) is 6.75. The van der Waals surface area contributed by atoms with E-state index in [2.05, 4.69) is 4.18 Å². The van der Waals surface area contributed by atoms with Crippen LogP contribution in [0.4, 0.5) is 14.5 Å². The number of nitrogens with zero attached hydrogens (tertiary/aromatic N) is 1. The van der Waals surface area contributed by atoms with Crippen LogP contribution in [-0.2, 0) is 10.1 Å². The van der Waals surface area contributed by atoms with Crippen LogP contribution in [-0.4, -0.2) is 13.3 Å². The fourth-order valence-electron chi connectivity index (χ4n) is 1.54. The van der Waals surface area contributed by atoms with Gasteiger partial charge in [-0.1, -0.05) is 12.1 Å². The third-order valence-electron chi connectivity index (χ3n) is 2.40. The molecule has 0 heterocycles. The van der Waals surface area contributed by atoms with E-state index in [0.717, 1.165) is 36.4 Å². The molecule has 0 bridgehead atoms. The Morgan fingerprint density at radius 2 is 1.62 bits per heavy atom. The summed E-state index contributed by atoms with van der Waals surface area (Å²) >= 11 is 0. The number of benzene rings is 2. The lowest BCUT2D eigenvalue weighted by molar-refractivity contribution is -0.384. The molecule has 0 unspecified atom stereocenters. The third kappa shape index (κ3) is 3.14. The summed E-state index contributed by atoms with van der Waals surface area (Å²) < 4.78 is 55.1. The average molecular weight is 315 g/mol. The van der Waals surface area contributed by atoms with Gasteiger partial charge in [0.25, 0.3) is 5.69 Å². The Balaban J connectivity index is 2.43. The largest absolute Gasteiger partial charge is 0.379 e. The van der Waals surface area contributed by atoms with Crippen LogP contribution >= 0.6 is 0 Å². The molecule has 0 atom stereocenters. The van der Waals surface area contributed by atoms with Gasteiger partial charge in [0, 0.05) is 6.07 Å². The lowest BCUT2D eigenvalue weighted by Gasteiger charge is -2.08. The van der Waals surface area contributed by atoms with Crippen LogP contribution < -0.4 is 4.18 Å². The SMILES string of the molecule is O=[N+]([O-])c1cccc(OS(=O)(=O)c2c(F)cccc2F)c1. The van der Waals surface area contributed by atoms with E-state index < -0.39 is 43.0 Å². The van der Waals surface area contributed by atoms with Gasteiger partial charge in [0.15, 0.2) is 4.90 Å². The van der Waals surface area contributed by atoms with Crippen molar-refractivity contribution in [3.05, 3.63) is 64.2 Å². The lowest BCUT2D eigenvalue weighted by atomic mass is 10.3. The second-order valence-corrected chi connectivity index (χ2v) is 5.33. The molecule has 0 radical (unpaired) electrons. The predicted molar refractivity (Wildman–Crippen MR) is 67.3 cm³/mol. The highest BCUT2D eigenvalue weighted by molar-refractivity contribution is 7.87. The second kappa shape index (κ2) is 5.44. The Hall–Kier alpha value is -2.55. The first-order valence-corrected chi connectivity index (χ1v) is 6.85. The summed E-state index contributed by atoms with van der Waals surface area (Å²) in [5.41, 5.74) is -0.420. The molecule has 6 nitrogen and oxygen atoms in total. The molecule has 0 spiro atoms. The maximum Gasteiger partial charge on any atom is 0.345 e. The maximum absolute atomic E-state index is 13.4. The Kier molecular flexibility index (Phi) is 3.85. The van der Waals surface area contributed by atoms with E-state index in [0.29, 0.717) is 0 Å². The first kappa shape index (κ1) is 14.9. The van der Waals surface area contributed by atoms with Gasteiger partial charge in [0.1, 0.15) is 17.4 Å². The third-order valence-corrected chi connectivity index (χ3v) is 3.71. The smallest absolute Gasteiger partial charge is 0.345 e. The van der Waals surface area contributed by atoms with Gasteiger partial charge in [-0.25, -0.2) is 8.78 Å². The molecule has 2 aromatic carbocycles. The molecule has 0 aliphatic carbocycles. The molecule has 0 aromatic heterocycles. The molecule has 0 N–H and O–H groups in total. The van der Waals surface area contributed by atoms with Gasteiger partial charge in [0.2, 0.25) is 0 Å². The van der Waals surface area contributed by atoms with E-state index in [-0.39, 0.29) is 0 Å². The molecule has 21 heavy (non-hydrogen) atoms. The van der Waals surface area contributed by atoms with E-state index in [1.165, 1.54) is 6.07 Å². The van der Waals surface area contributed by atoms with Gasteiger partial charge in [-0.05, 0) is 18.2 Å². The Morgan fingerprint density at radius 1 is 1.05 bits per heavy atom. The predicted octanol–water partition coefficient (Wildman–Crippen LogP) is 2.64.